The molecule has 27 heavy (non-hydrogen) atoms. The molecule has 2 N–H and O–H groups in total. The number of benzene rings is 2. The lowest BCUT2D eigenvalue weighted by molar-refractivity contribution is -0.147. The summed E-state index contributed by atoms with van der Waals surface area (Å²) in [5.41, 5.74) is 1.34. The maximum atomic E-state index is 11.7. The predicted octanol–water partition coefficient (Wildman–Crippen LogP) is 3.04. The number of para-hydroxylation sites is 1. The normalized spacial score (nSPS) is 10.4. The summed E-state index contributed by atoms with van der Waals surface area (Å²) in [5.74, 6) is -1.40. The second-order valence-electron chi connectivity index (χ2n) is 5.47. The van der Waals surface area contributed by atoms with E-state index in [1.807, 2.05) is 30.3 Å². The zero-order valence-electron chi connectivity index (χ0n) is 14.5. The number of nitrogens with one attached hydrogen (secondary N) is 2. The van der Waals surface area contributed by atoms with E-state index >= 15 is 0 Å². The molecule has 140 valence electrons. The van der Waals surface area contributed by atoms with Gasteiger partial charge in [0.25, 0.3) is 5.91 Å². The molecule has 0 unspecified atom stereocenters. The summed E-state index contributed by atoms with van der Waals surface area (Å²) in [6, 6.07) is 16.1. The average Bonchev–Trinajstić information content (AvgIpc) is 2.67. The molecule has 0 aliphatic heterocycles. The van der Waals surface area contributed by atoms with Gasteiger partial charge in [-0.3, -0.25) is 14.4 Å². The number of hydrogen-bond acceptors (Lipinski definition) is 4. The van der Waals surface area contributed by atoms with Crippen molar-refractivity contribution in [3.63, 3.8) is 0 Å². The van der Waals surface area contributed by atoms with Crippen LogP contribution in [0.25, 0.3) is 6.08 Å². The Bertz CT molecular complexity index is 822. The summed E-state index contributed by atoms with van der Waals surface area (Å²) in [4.78, 5) is 35.0. The van der Waals surface area contributed by atoms with Crippen molar-refractivity contribution in [2.24, 2.45) is 0 Å². The van der Waals surface area contributed by atoms with Crippen molar-refractivity contribution in [3.05, 3.63) is 71.3 Å². The molecule has 0 saturated carbocycles. The number of carbonyl (C=O) groups is 3. The van der Waals surface area contributed by atoms with E-state index in [0.717, 1.165) is 5.56 Å². The first-order valence-electron chi connectivity index (χ1n) is 8.25. The van der Waals surface area contributed by atoms with Crippen LogP contribution in [0.15, 0.2) is 60.7 Å². The minimum absolute atomic E-state index is 0.0374. The highest BCUT2D eigenvalue weighted by Gasteiger charge is 2.09. The summed E-state index contributed by atoms with van der Waals surface area (Å²) in [7, 11) is 0. The highest BCUT2D eigenvalue weighted by molar-refractivity contribution is 6.33. The van der Waals surface area contributed by atoms with Crippen LogP contribution in [-0.4, -0.2) is 30.9 Å². The second-order valence-corrected chi connectivity index (χ2v) is 5.88. The molecule has 7 heteroatoms. The van der Waals surface area contributed by atoms with Gasteiger partial charge in [0.2, 0.25) is 5.91 Å². The second kappa shape index (κ2) is 10.8. The number of amides is 2. The number of esters is 1. The van der Waals surface area contributed by atoms with Crippen LogP contribution in [0.5, 0.6) is 0 Å². The molecule has 0 atom stereocenters. The summed E-state index contributed by atoms with van der Waals surface area (Å²) in [6.07, 6.45) is 3.02. The Labute approximate surface area is 162 Å². The average molecular weight is 387 g/mol. The molecule has 2 aromatic rings. The first-order valence-corrected chi connectivity index (χ1v) is 8.63. The monoisotopic (exact) mass is 386 g/mol. The molecule has 0 saturated heterocycles. The van der Waals surface area contributed by atoms with Gasteiger partial charge in [0.1, 0.15) is 0 Å². The van der Waals surface area contributed by atoms with Gasteiger partial charge in [0.15, 0.2) is 6.61 Å². The molecule has 2 rings (SSSR count). The zero-order valence-corrected chi connectivity index (χ0v) is 15.2. The van der Waals surface area contributed by atoms with Gasteiger partial charge in [-0.25, -0.2) is 0 Å². The van der Waals surface area contributed by atoms with Crippen LogP contribution in [0.2, 0.25) is 5.02 Å². The fourth-order valence-electron chi connectivity index (χ4n) is 2.05. The minimum Gasteiger partial charge on any atom is -0.456 e. The van der Waals surface area contributed by atoms with Gasteiger partial charge < -0.3 is 15.4 Å². The van der Waals surface area contributed by atoms with Crippen molar-refractivity contribution in [2.75, 3.05) is 18.5 Å². The van der Waals surface area contributed by atoms with E-state index in [0.29, 0.717) is 10.7 Å². The Kier molecular flexibility index (Phi) is 8.06. The molecule has 0 aliphatic carbocycles. The fourth-order valence-corrected chi connectivity index (χ4v) is 2.23. The third kappa shape index (κ3) is 7.75. The molecule has 0 radical (unpaired) electrons. The van der Waals surface area contributed by atoms with Crippen LogP contribution in [0, 0.1) is 0 Å². The van der Waals surface area contributed by atoms with E-state index in [-0.39, 0.29) is 18.9 Å². The van der Waals surface area contributed by atoms with Crippen molar-refractivity contribution >= 4 is 41.1 Å². The van der Waals surface area contributed by atoms with Gasteiger partial charge in [-0.1, -0.05) is 54.1 Å². The summed E-state index contributed by atoms with van der Waals surface area (Å²) in [6.45, 7) is -0.311. The maximum Gasteiger partial charge on any atom is 0.308 e. The van der Waals surface area contributed by atoms with E-state index < -0.39 is 18.5 Å². The van der Waals surface area contributed by atoms with Gasteiger partial charge in [-0.15, -0.1) is 0 Å². The molecule has 2 amide bonds. The predicted molar refractivity (Wildman–Crippen MR) is 104 cm³/mol. The third-order valence-electron chi connectivity index (χ3n) is 3.37. The Morgan fingerprint density at radius 2 is 1.70 bits per heavy atom. The molecular weight excluding hydrogens is 368 g/mol. The molecule has 6 nitrogen and oxygen atoms in total. The molecular formula is C20H19ClN2O4. The Morgan fingerprint density at radius 1 is 1.00 bits per heavy atom. The van der Waals surface area contributed by atoms with Gasteiger partial charge >= 0.3 is 5.97 Å². The Hall–Kier alpha value is -3.12. The number of anilines is 1. The third-order valence-corrected chi connectivity index (χ3v) is 3.70. The topological polar surface area (TPSA) is 84.5 Å². The maximum absolute atomic E-state index is 11.7. The van der Waals surface area contributed by atoms with E-state index in [2.05, 4.69) is 10.6 Å². The number of hydrogen-bond donors (Lipinski definition) is 2. The number of carbonyl (C=O) groups excluding carboxylic acids is 3. The van der Waals surface area contributed by atoms with Crippen LogP contribution in [0.4, 0.5) is 5.69 Å². The largest absolute Gasteiger partial charge is 0.456 e. The van der Waals surface area contributed by atoms with E-state index in [4.69, 9.17) is 16.3 Å². The highest BCUT2D eigenvalue weighted by atomic mass is 35.5. The van der Waals surface area contributed by atoms with E-state index in [1.165, 1.54) is 6.08 Å². The number of ether oxygens (including phenoxy) is 1. The molecule has 0 aliphatic rings. The molecule has 0 fully saturated rings. The lowest BCUT2D eigenvalue weighted by Gasteiger charge is -2.08. The summed E-state index contributed by atoms with van der Waals surface area (Å²) >= 11 is 5.93. The first-order chi connectivity index (χ1) is 13.0. The van der Waals surface area contributed by atoms with Crippen LogP contribution >= 0.6 is 11.6 Å². The summed E-state index contributed by atoms with van der Waals surface area (Å²) < 4.78 is 4.86. The highest BCUT2D eigenvalue weighted by Crippen LogP contribution is 2.20. The first kappa shape index (κ1) is 20.2. The fraction of sp³-hybridized carbons (Fsp3) is 0.150. The van der Waals surface area contributed by atoms with Gasteiger partial charge in [-0.05, 0) is 23.8 Å². The minimum atomic E-state index is -0.586. The van der Waals surface area contributed by atoms with Crippen LogP contribution < -0.4 is 10.6 Å². The van der Waals surface area contributed by atoms with E-state index in [9.17, 15) is 14.4 Å². The van der Waals surface area contributed by atoms with Crippen molar-refractivity contribution < 1.29 is 19.1 Å². The van der Waals surface area contributed by atoms with Crippen molar-refractivity contribution in [2.45, 2.75) is 6.42 Å². The number of rotatable bonds is 8. The standard InChI is InChI=1S/C20H19ClN2O4/c21-16-8-4-5-9-17(16)23-19(25)14-27-20(26)12-13-22-18(24)11-10-15-6-2-1-3-7-15/h1-11H,12-14H2,(H,22,24)(H,23,25)/b11-10+. The summed E-state index contributed by atoms with van der Waals surface area (Å²) in [5, 5.41) is 5.51. The van der Waals surface area contributed by atoms with Crippen molar-refractivity contribution in [3.8, 4) is 0 Å². The van der Waals surface area contributed by atoms with Crippen LogP contribution in [0.1, 0.15) is 12.0 Å². The quantitative estimate of drug-likeness (QED) is 0.539. The molecule has 0 aromatic heterocycles. The Morgan fingerprint density at radius 3 is 2.44 bits per heavy atom. The van der Waals surface area contributed by atoms with Gasteiger partial charge in [0.05, 0.1) is 17.1 Å². The molecule has 2 aromatic carbocycles. The van der Waals surface area contributed by atoms with Gasteiger partial charge in [-0.2, -0.15) is 0 Å². The van der Waals surface area contributed by atoms with Crippen molar-refractivity contribution in [1.29, 1.82) is 0 Å². The molecule has 0 spiro atoms. The lowest BCUT2D eigenvalue weighted by Crippen LogP contribution is -2.26. The smallest absolute Gasteiger partial charge is 0.308 e. The molecule has 0 bridgehead atoms. The zero-order chi connectivity index (χ0) is 19.5. The SMILES string of the molecule is O=C(/C=C/c1ccccc1)NCCC(=O)OCC(=O)Nc1ccccc1Cl. The lowest BCUT2D eigenvalue weighted by atomic mass is 10.2. The van der Waals surface area contributed by atoms with Gasteiger partial charge in [0, 0.05) is 12.6 Å². The Balaban J connectivity index is 1.63. The van der Waals surface area contributed by atoms with E-state index in [1.54, 1.807) is 30.3 Å². The van der Waals surface area contributed by atoms with Crippen LogP contribution in [-0.2, 0) is 19.1 Å². The number of halogens is 1. The van der Waals surface area contributed by atoms with Crippen LogP contribution in [0.3, 0.4) is 0 Å². The molecule has 0 heterocycles. The van der Waals surface area contributed by atoms with Crippen molar-refractivity contribution in [1.82, 2.24) is 5.32 Å².